The van der Waals surface area contributed by atoms with Crippen LogP contribution in [0.1, 0.15) is 51.5 Å². The lowest BCUT2D eigenvalue weighted by Crippen LogP contribution is -2.46. The van der Waals surface area contributed by atoms with Crippen molar-refractivity contribution in [2.45, 2.75) is 51.6 Å². The van der Waals surface area contributed by atoms with Gasteiger partial charge in [-0.15, -0.1) is 11.3 Å². The zero-order valence-electron chi connectivity index (χ0n) is 16.2. The molecule has 0 spiro atoms. The number of fused-ring (bicyclic) bond motifs is 4. The number of phenolic OH excluding ortho intramolecular Hbond substituents is 1. The van der Waals surface area contributed by atoms with Gasteiger partial charge in [0.15, 0.2) is 0 Å². The van der Waals surface area contributed by atoms with Gasteiger partial charge in [0.25, 0.3) is 0 Å². The molecule has 27 heavy (non-hydrogen) atoms. The van der Waals surface area contributed by atoms with Gasteiger partial charge >= 0.3 is 0 Å². The minimum absolute atomic E-state index is 0.191. The van der Waals surface area contributed by atoms with Crippen LogP contribution in [0.3, 0.4) is 0 Å². The largest absolute Gasteiger partial charge is 0.507 e. The van der Waals surface area contributed by atoms with Crippen molar-refractivity contribution >= 4 is 21.4 Å². The first-order chi connectivity index (χ1) is 12.9. The molecule has 0 unspecified atom stereocenters. The molecule has 3 heteroatoms. The van der Waals surface area contributed by atoms with E-state index in [2.05, 4.69) is 57.2 Å². The Kier molecular flexibility index (Phi) is 3.80. The number of phenols is 1. The van der Waals surface area contributed by atoms with Crippen molar-refractivity contribution in [1.29, 1.82) is 0 Å². The van der Waals surface area contributed by atoms with E-state index in [1.807, 2.05) is 6.07 Å². The Hall–Kier alpha value is -2.00. The van der Waals surface area contributed by atoms with E-state index in [1.54, 1.807) is 11.3 Å². The number of hydrogen-bond donors (Lipinski definition) is 1. The van der Waals surface area contributed by atoms with Gasteiger partial charge < -0.3 is 9.84 Å². The van der Waals surface area contributed by atoms with E-state index < -0.39 is 0 Å². The average Bonchev–Trinajstić information content (AvgIpc) is 3.04. The predicted molar refractivity (Wildman–Crippen MR) is 113 cm³/mol. The molecule has 3 aromatic rings. The molecule has 1 saturated carbocycles. The summed E-state index contributed by atoms with van der Waals surface area (Å²) >= 11 is 1.77. The van der Waals surface area contributed by atoms with Gasteiger partial charge in [0.2, 0.25) is 0 Å². The first kappa shape index (κ1) is 17.1. The number of ether oxygens (including phenoxy) is 1. The molecule has 1 aliphatic heterocycles. The number of benzene rings is 2. The second kappa shape index (κ2) is 6.00. The molecule has 3 atom stereocenters. The maximum atomic E-state index is 11.0. The summed E-state index contributed by atoms with van der Waals surface area (Å²) < 4.78 is 7.76. The second-order valence-corrected chi connectivity index (χ2v) is 9.98. The van der Waals surface area contributed by atoms with E-state index in [9.17, 15) is 5.11 Å². The molecule has 1 N–H and O–H groups in total. The molecule has 0 saturated heterocycles. The molecule has 140 valence electrons. The van der Waals surface area contributed by atoms with Crippen LogP contribution >= 0.6 is 11.3 Å². The summed E-state index contributed by atoms with van der Waals surface area (Å²) in [5, 5.41) is 12.2. The fourth-order valence-corrected chi connectivity index (χ4v) is 6.28. The third kappa shape index (κ3) is 2.75. The Balaban J connectivity index is 1.63. The van der Waals surface area contributed by atoms with Gasteiger partial charge in [-0.3, -0.25) is 0 Å². The molecule has 1 aromatic heterocycles. The van der Waals surface area contributed by atoms with Gasteiger partial charge in [-0.1, -0.05) is 31.5 Å². The highest BCUT2D eigenvalue weighted by Gasteiger charge is 2.47. The summed E-state index contributed by atoms with van der Waals surface area (Å²) in [4.78, 5) is 1.18. The van der Waals surface area contributed by atoms with Gasteiger partial charge in [-0.25, -0.2) is 0 Å². The van der Waals surface area contributed by atoms with Crippen LogP contribution in [-0.2, 0) is 0 Å². The molecular weight excluding hydrogens is 352 g/mol. The summed E-state index contributed by atoms with van der Waals surface area (Å²) in [6, 6.07) is 14.7. The van der Waals surface area contributed by atoms with Gasteiger partial charge in [0.05, 0.1) is 0 Å². The number of thiophene rings is 1. The smallest absolute Gasteiger partial charge is 0.127 e. The Labute approximate surface area is 164 Å². The van der Waals surface area contributed by atoms with Gasteiger partial charge in [0, 0.05) is 21.1 Å². The van der Waals surface area contributed by atoms with E-state index >= 15 is 0 Å². The Bertz CT molecular complexity index is 983. The molecule has 2 heterocycles. The molecule has 0 radical (unpaired) electrons. The average molecular weight is 379 g/mol. The fourth-order valence-electron chi connectivity index (χ4n) is 5.23. The Morgan fingerprint density at radius 2 is 1.93 bits per heavy atom. The van der Waals surface area contributed by atoms with E-state index in [1.165, 1.54) is 27.8 Å². The molecule has 0 bridgehead atoms. The van der Waals surface area contributed by atoms with Gasteiger partial charge in [-0.2, -0.15) is 0 Å². The topological polar surface area (TPSA) is 29.5 Å². The minimum Gasteiger partial charge on any atom is -0.507 e. The number of hydrogen-bond acceptors (Lipinski definition) is 3. The van der Waals surface area contributed by atoms with Crippen LogP contribution in [0.4, 0.5) is 0 Å². The lowest BCUT2D eigenvalue weighted by atomic mass is 9.64. The normalized spacial score (nSPS) is 26.3. The molecule has 2 aliphatic rings. The van der Waals surface area contributed by atoms with Crippen LogP contribution in [0.25, 0.3) is 20.5 Å². The molecule has 1 fully saturated rings. The van der Waals surface area contributed by atoms with Crippen molar-refractivity contribution in [3.05, 3.63) is 48.0 Å². The van der Waals surface area contributed by atoms with Crippen LogP contribution < -0.4 is 4.74 Å². The molecule has 2 aromatic carbocycles. The first-order valence-corrected chi connectivity index (χ1v) is 10.8. The third-order valence-corrected chi connectivity index (χ3v) is 7.74. The lowest BCUT2D eigenvalue weighted by Gasteiger charge is -2.48. The zero-order chi connectivity index (χ0) is 18.8. The van der Waals surface area contributed by atoms with Crippen LogP contribution in [0, 0.1) is 11.8 Å². The highest BCUT2D eigenvalue weighted by atomic mass is 32.1. The van der Waals surface area contributed by atoms with E-state index in [0.29, 0.717) is 23.5 Å². The maximum absolute atomic E-state index is 11.0. The summed E-state index contributed by atoms with van der Waals surface area (Å²) in [5.74, 6) is 2.85. The highest BCUT2D eigenvalue weighted by molar-refractivity contribution is 7.22. The molecule has 1 aliphatic carbocycles. The van der Waals surface area contributed by atoms with Crippen LogP contribution in [-0.4, -0.2) is 10.7 Å². The summed E-state index contributed by atoms with van der Waals surface area (Å²) in [7, 11) is 0. The van der Waals surface area contributed by atoms with Crippen LogP contribution in [0.15, 0.2) is 42.5 Å². The minimum atomic E-state index is -0.191. The van der Waals surface area contributed by atoms with Crippen molar-refractivity contribution in [2.24, 2.45) is 11.8 Å². The second-order valence-electron chi connectivity index (χ2n) is 8.89. The Morgan fingerprint density at radius 3 is 2.74 bits per heavy atom. The number of rotatable bonds is 1. The third-order valence-electron chi connectivity index (χ3n) is 6.58. The van der Waals surface area contributed by atoms with Gasteiger partial charge in [-0.05, 0) is 73.7 Å². The van der Waals surface area contributed by atoms with Crippen molar-refractivity contribution < 1.29 is 9.84 Å². The van der Waals surface area contributed by atoms with Crippen LogP contribution in [0.2, 0.25) is 0 Å². The van der Waals surface area contributed by atoms with E-state index in [4.69, 9.17) is 4.74 Å². The summed E-state index contributed by atoms with van der Waals surface area (Å²) in [6.45, 7) is 6.76. The first-order valence-electron chi connectivity index (χ1n) is 9.97. The maximum Gasteiger partial charge on any atom is 0.127 e. The quantitative estimate of drug-likeness (QED) is 0.496. The van der Waals surface area contributed by atoms with E-state index in [0.717, 1.165) is 23.3 Å². The predicted octanol–water partition coefficient (Wildman–Crippen LogP) is 6.96. The fraction of sp³-hybridized carbons (Fsp3) is 0.417. The summed E-state index contributed by atoms with van der Waals surface area (Å²) in [5.41, 5.74) is 1.89. The highest BCUT2D eigenvalue weighted by Crippen LogP contribution is 2.56. The van der Waals surface area contributed by atoms with Crippen molar-refractivity contribution in [3.63, 3.8) is 0 Å². The van der Waals surface area contributed by atoms with Crippen molar-refractivity contribution in [1.82, 2.24) is 0 Å². The lowest BCUT2D eigenvalue weighted by molar-refractivity contribution is -0.0144. The molecular formula is C24H26O2S. The SMILES string of the molecule is C[C@H]1CC[C@H]2[C@H](C1)c1c(O)cc(-c3cc4ccccc4s3)cc1OC2(C)C. The van der Waals surface area contributed by atoms with Crippen molar-refractivity contribution in [3.8, 4) is 21.9 Å². The zero-order valence-corrected chi connectivity index (χ0v) is 17.0. The van der Waals surface area contributed by atoms with Crippen molar-refractivity contribution in [2.75, 3.05) is 0 Å². The summed E-state index contributed by atoms with van der Waals surface area (Å²) in [6.07, 6.45) is 3.57. The van der Waals surface area contributed by atoms with Gasteiger partial charge in [0.1, 0.15) is 17.1 Å². The molecule has 0 amide bonds. The molecule has 5 rings (SSSR count). The van der Waals surface area contributed by atoms with E-state index in [-0.39, 0.29) is 5.60 Å². The monoisotopic (exact) mass is 378 g/mol. The Morgan fingerprint density at radius 1 is 1.11 bits per heavy atom. The van der Waals surface area contributed by atoms with Crippen LogP contribution in [0.5, 0.6) is 11.5 Å². The number of aromatic hydroxyl groups is 1. The standard InChI is InChI=1S/C24H26O2S/c1-14-8-9-18-17(10-14)23-19(25)11-16(12-20(23)26-24(18,2)3)22-13-15-6-4-5-7-21(15)27-22/h4-7,11-14,17-18,25H,8-10H2,1-3H3/t14-,17-,18-/m0/s1. The molecule has 2 nitrogen and oxygen atoms in total.